The maximum Gasteiger partial charge on any atom is 0.417 e. The first-order chi connectivity index (χ1) is 9.60. The number of alkyl halides is 3. The van der Waals surface area contributed by atoms with Crippen molar-refractivity contribution in [3.8, 4) is 0 Å². The molecule has 0 saturated heterocycles. The quantitative estimate of drug-likeness (QED) is 0.812. The third kappa shape index (κ3) is 3.29. The van der Waals surface area contributed by atoms with E-state index in [2.05, 4.69) is 9.97 Å². The highest BCUT2D eigenvalue weighted by Crippen LogP contribution is 2.38. The highest BCUT2D eigenvalue weighted by Gasteiger charge is 2.53. The first-order valence-corrected chi connectivity index (χ1v) is 6.63. The molecule has 2 aromatic rings. The maximum absolute atomic E-state index is 13.2. The Labute approximate surface area is 120 Å². The molecule has 2 heterocycles. The zero-order valence-electron chi connectivity index (χ0n) is 11.8. The van der Waals surface area contributed by atoms with Gasteiger partial charge < -0.3 is 15.8 Å². The summed E-state index contributed by atoms with van der Waals surface area (Å²) in [6, 6.07) is 3.13. The van der Waals surface area contributed by atoms with E-state index in [4.69, 9.17) is 5.73 Å². The third-order valence-electron chi connectivity index (χ3n) is 3.34. The average molecular weight is 301 g/mol. The summed E-state index contributed by atoms with van der Waals surface area (Å²) in [4.78, 5) is 6.72. The van der Waals surface area contributed by atoms with Crippen molar-refractivity contribution in [3.05, 3.63) is 24.0 Å². The summed E-state index contributed by atoms with van der Waals surface area (Å²) >= 11 is 0. The Morgan fingerprint density at radius 2 is 2.00 bits per heavy atom. The van der Waals surface area contributed by atoms with Gasteiger partial charge in [0, 0.05) is 17.5 Å². The molecule has 4 N–H and O–H groups in total. The third-order valence-corrected chi connectivity index (χ3v) is 3.34. The van der Waals surface area contributed by atoms with Gasteiger partial charge in [-0.2, -0.15) is 13.2 Å². The van der Waals surface area contributed by atoms with Crippen LogP contribution < -0.4 is 5.73 Å². The monoisotopic (exact) mass is 301 g/mol. The van der Waals surface area contributed by atoms with E-state index in [-0.39, 0.29) is 12.3 Å². The molecule has 0 saturated carbocycles. The molecule has 21 heavy (non-hydrogen) atoms. The number of rotatable bonds is 4. The molecule has 0 fully saturated rings. The summed E-state index contributed by atoms with van der Waals surface area (Å²) in [6.45, 7) is 3.29. The van der Waals surface area contributed by atoms with Crippen LogP contribution >= 0.6 is 0 Å². The molecule has 2 aromatic heterocycles. The smallest absolute Gasteiger partial charge is 0.384 e. The molecule has 0 radical (unpaired) electrons. The van der Waals surface area contributed by atoms with E-state index in [0.29, 0.717) is 22.4 Å². The molecule has 0 aliphatic heterocycles. The predicted molar refractivity (Wildman–Crippen MR) is 74.7 cm³/mol. The van der Waals surface area contributed by atoms with E-state index < -0.39 is 18.2 Å². The molecular formula is C14H18F3N3O. The van der Waals surface area contributed by atoms with Gasteiger partial charge in [0.2, 0.25) is 0 Å². The number of nitrogen functional groups attached to an aromatic ring is 1. The standard InChI is InChI=1S/C14H18F3N3O/c1-8(2)5-13(21,14(15,16)17)6-10-3-9-4-12(18)19-7-11(9)20-10/h3-4,7-8,20-21H,5-6H2,1-2H3,(H2,18,19). The van der Waals surface area contributed by atoms with Crippen molar-refractivity contribution in [1.29, 1.82) is 0 Å². The molecule has 0 aliphatic rings. The van der Waals surface area contributed by atoms with Crippen molar-refractivity contribution in [3.63, 3.8) is 0 Å². The van der Waals surface area contributed by atoms with E-state index in [1.54, 1.807) is 26.0 Å². The Bertz CT molecular complexity index is 636. The molecule has 0 spiro atoms. The van der Waals surface area contributed by atoms with Gasteiger partial charge in [0.15, 0.2) is 5.60 Å². The van der Waals surface area contributed by atoms with Crippen molar-refractivity contribution in [2.24, 2.45) is 5.92 Å². The minimum absolute atomic E-state index is 0.279. The fraction of sp³-hybridized carbons (Fsp3) is 0.500. The lowest BCUT2D eigenvalue weighted by atomic mass is 9.87. The summed E-state index contributed by atoms with van der Waals surface area (Å²) in [5, 5.41) is 10.7. The average Bonchev–Trinajstić information content (AvgIpc) is 2.67. The van der Waals surface area contributed by atoms with Crippen LogP contribution in [0.1, 0.15) is 26.0 Å². The zero-order valence-corrected chi connectivity index (χ0v) is 11.8. The van der Waals surface area contributed by atoms with Crippen LogP contribution in [0.3, 0.4) is 0 Å². The molecule has 1 unspecified atom stereocenters. The highest BCUT2D eigenvalue weighted by molar-refractivity contribution is 5.81. The lowest BCUT2D eigenvalue weighted by molar-refractivity contribution is -0.265. The Kier molecular flexibility index (Phi) is 3.88. The number of hydrogen-bond donors (Lipinski definition) is 3. The van der Waals surface area contributed by atoms with Gasteiger partial charge in [-0.3, -0.25) is 0 Å². The molecule has 4 nitrogen and oxygen atoms in total. The topological polar surface area (TPSA) is 74.9 Å². The number of anilines is 1. The largest absolute Gasteiger partial charge is 0.417 e. The van der Waals surface area contributed by atoms with Crippen LogP contribution in [0, 0.1) is 5.92 Å². The number of pyridine rings is 1. The van der Waals surface area contributed by atoms with E-state index in [0.717, 1.165) is 0 Å². The minimum Gasteiger partial charge on any atom is -0.384 e. The van der Waals surface area contributed by atoms with Gasteiger partial charge in [0.05, 0.1) is 11.7 Å². The zero-order chi connectivity index (χ0) is 15.8. The Hall–Kier alpha value is -1.76. The second kappa shape index (κ2) is 5.22. The lowest BCUT2D eigenvalue weighted by Crippen LogP contribution is -2.48. The first-order valence-electron chi connectivity index (χ1n) is 6.63. The molecule has 1 atom stereocenters. The predicted octanol–water partition coefficient (Wildman–Crippen LogP) is 3.03. The number of nitrogens with two attached hydrogens (primary N) is 1. The van der Waals surface area contributed by atoms with Crippen molar-refractivity contribution in [2.45, 2.75) is 38.5 Å². The number of aromatic amines is 1. The highest BCUT2D eigenvalue weighted by atomic mass is 19.4. The summed E-state index contributed by atoms with van der Waals surface area (Å²) < 4.78 is 39.5. The van der Waals surface area contributed by atoms with Crippen molar-refractivity contribution < 1.29 is 18.3 Å². The summed E-state index contributed by atoms with van der Waals surface area (Å²) in [6.07, 6.45) is -4.11. The normalized spacial score (nSPS) is 15.6. The van der Waals surface area contributed by atoms with Gasteiger partial charge in [-0.25, -0.2) is 4.98 Å². The fourth-order valence-electron chi connectivity index (χ4n) is 2.48. The van der Waals surface area contributed by atoms with E-state index in [9.17, 15) is 18.3 Å². The van der Waals surface area contributed by atoms with E-state index >= 15 is 0 Å². The second-order valence-electron chi connectivity index (χ2n) is 5.80. The lowest BCUT2D eigenvalue weighted by Gasteiger charge is -2.31. The Balaban J connectivity index is 2.34. The van der Waals surface area contributed by atoms with Crippen LogP contribution in [0.2, 0.25) is 0 Å². The van der Waals surface area contributed by atoms with Gasteiger partial charge in [0.25, 0.3) is 0 Å². The number of H-pyrrole nitrogens is 1. The van der Waals surface area contributed by atoms with Crippen LogP contribution in [0.15, 0.2) is 18.3 Å². The first kappa shape index (κ1) is 15.6. The molecule has 0 bridgehead atoms. The van der Waals surface area contributed by atoms with Crippen molar-refractivity contribution >= 4 is 16.7 Å². The summed E-state index contributed by atoms with van der Waals surface area (Å²) in [7, 11) is 0. The van der Waals surface area contributed by atoms with Gasteiger partial charge in [-0.15, -0.1) is 0 Å². The SMILES string of the molecule is CC(C)CC(O)(Cc1cc2cc(N)ncc2[nH]1)C(F)(F)F. The van der Waals surface area contributed by atoms with Crippen LogP contribution in [0.25, 0.3) is 10.9 Å². The molecule has 7 heteroatoms. The molecule has 116 valence electrons. The van der Waals surface area contributed by atoms with E-state index in [1.807, 2.05) is 0 Å². The van der Waals surface area contributed by atoms with Crippen molar-refractivity contribution in [1.82, 2.24) is 9.97 Å². The number of aliphatic hydroxyl groups is 1. The maximum atomic E-state index is 13.2. The number of nitrogens with zero attached hydrogens (tertiary/aromatic N) is 1. The number of hydrogen-bond acceptors (Lipinski definition) is 3. The number of halogens is 3. The van der Waals surface area contributed by atoms with Gasteiger partial charge >= 0.3 is 6.18 Å². The number of aromatic nitrogens is 2. The summed E-state index contributed by atoms with van der Waals surface area (Å²) in [5.74, 6) is 0.0135. The number of fused-ring (bicyclic) bond motifs is 1. The van der Waals surface area contributed by atoms with Crippen molar-refractivity contribution in [2.75, 3.05) is 5.73 Å². The molecule has 0 aromatic carbocycles. The van der Waals surface area contributed by atoms with Gasteiger partial charge in [-0.1, -0.05) is 13.8 Å². The molecule has 0 aliphatic carbocycles. The van der Waals surface area contributed by atoms with Crippen LogP contribution in [0.5, 0.6) is 0 Å². The van der Waals surface area contributed by atoms with Gasteiger partial charge in [-0.05, 0) is 24.5 Å². The Morgan fingerprint density at radius 1 is 1.33 bits per heavy atom. The summed E-state index contributed by atoms with van der Waals surface area (Å²) in [5.41, 5.74) is 3.69. The van der Waals surface area contributed by atoms with Crippen LogP contribution in [-0.4, -0.2) is 26.9 Å². The second-order valence-corrected chi connectivity index (χ2v) is 5.80. The fourth-order valence-corrected chi connectivity index (χ4v) is 2.48. The minimum atomic E-state index is -4.69. The van der Waals surface area contributed by atoms with Gasteiger partial charge in [0.1, 0.15) is 5.82 Å². The molecule has 0 amide bonds. The molecule has 2 rings (SSSR count). The Morgan fingerprint density at radius 3 is 2.57 bits per heavy atom. The number of nitrogens with one attached hydrogen (secondary N) is 1. The van der Waals surface area contributed by atoms with Crippen LogP contribution in [0.4, 0.5) is 19.0 Å². The molecular weight excluding hydrogens is 283 g/mol. The van der Waals surface area contributed by atoms with E-state index in [1.165, 1.54) is 6.20 Å². The van der Waals surface area contributed by atoms with Crippen LogP contribution in [-0.2, 0) is 6.42 Å².